The summed E-state index contributed by atoms with van der Waals surface area (Å²) < 4.78 is 2.85. The summed E-state index contributed by atoms with van der Waals surface area (Å²) in [4.78, 5) is 0. The minimum absolute atomic E-state index is 0.156. The van der Waals surface area contributed by atoms with Crippen molar-refractivity contribution in [3.63, 3.8) is 0 Å². The molecule has 1 aliphatic rings. The smallest absolute Gasteiger partial charge is 0.0881 e. The fourth-order valence-corrected chi connectivity index (χ4v) is 2.20. The zero-order valence-corrected chi connectivity index (χ0v) is 9.50. The topological polar surface area (TPSA) is 50.1 Å². The van der Waals surface area contributed by atoms with Crippen LogP contribution in [0.5, 0.6) is 0 Å². The van der Waals surface area contributed by atoms with Crippen molar-refractivity contribution in [2.24, 2.45) is 0 Å². The SMILES string of the molecule is OCC1(n2cc(Br)cn2)CCNCC1. The van der Waals surface area contributed by atoms with Crippen LogP contribution < -0.4 is 5.32 Å². The molecule has 2 heterocycles. The van der Waals surface area contributed by atoms with E-state index in [1.165, 1.54) is 0 Å². The van der Waals surface area contributed by atoms with Gasteiger partial charge in [-0.1, -0.05) is 0 Å². The van der Waals surface area contributed by atoms with Crippen LogP contribution in [0.25, 0.3) is 0 Å². The lowest BCUT2D eigenvalue weighted by Crippen LogP contribution is -2.47. The molecule has 0 atom stereocenters. The van der Waals surface area contributed by atoms with E-state index in [0.29, 0.717) is 0 Å². The summed E-state index contributed by atoms with van der Waals surface area (Å²) in [5, 5.41) is 17.1. The Morgan fingerprint density at radius 1 is 1.57 bits per heavy atom. The molecule has 4 nitrogen and oxygen atoms in total. The third-order valence-electron chi connectivity index (χ3n) is 2.87. The van der Waals surface area contributed by atoms with Crippen LogP contribution in [0, 0.1) is 0 Å². The van der Waals surface area contributed by atoms with E-state index in [9.17, 15) is 5.11 Å². The normalized spacial score (nSPS) is 21.0. The van der Waals surface area contributed by atoms with E-state index in [2.05, 4.69) is 26.3 Å². The fourth-order valence-electron chi connectivity index (χ4n) is 1.91. The standard InChI is InChI=1S/C9H14BrN3O/c10-8-5-12-13(6-8)9(7-14)1-3-11-4-2-9/h5-6,11,14H,1-4,7H2. The largest absolute Gasteiger partial charge is 0.394 e. The molecule has 5 heteroatoms. The van der Waals surface area contributed by atoms with Crippen LogP contribution >= 0.6 is 15.9 Å². The van der Waals surface area contributed by atoms with Gasteiger partial charge in [0.05, 0.1) is 22.8 Å². The maximum atomic E-state index is 9.50. The van der Waals surface area contributed by atoms with Crippen LogP contribution in [0.15, 0.2) is 16.9 Å². The zero-order valence-electron chi connectivity index (χ0n) is 7.91. The average Bonchev–Trinajstić information content (AvgIpc) is 2.66. The van der Waals surface area contributed by atoms with Crippen LogP contribution in [-0.2, 0) is 5.54 Å². The van der Waals surface area contributed by atoms with Crippen LogP contribution in [0.2, 0.25) is 0 Å². The van der Waals surface area contributed by atoms with Gasteiger partial charge in [-0.05, 0) is 41.9 Å². The lowest BCUT2D eigenvalue weighted by Gasteiger charge is -2.36. The minimum Gasteiger partial charge on any atom is -0.394 e. The van der Waals surface area contributed by atoms with Gasteiger partial charge in [-0.15, -0.1) is 0 Å². The zero-order chi connectivity index (χ0) is 10.0. The molecule has 0 bridgehead atoms. The van der Waals surface area contributed by atoms with Gasteiger partial charge in [0, 0.05) is 6.20 Å². The highest BCUT2D eigenvalue weighted by molar-refractivity contribution is 9.10. The van der Waals surface area contributed by atoms with Gasteiger partial charge in [-0.3, -0.25) is 4.68 Å². The molecule has 0 amide bonds. The Bertz CT molecular complexity index is 307. The molecular weight excluding hydrogens is 246 g/mol. The highest BCUT2D eigenvalue weighted by Gasteiger charge is 2.33. The number of aromatic nitrogens is 2. The first kappa shape index (κ1) is 10.1. The number of halogens is 1. The second-order valence-corrected chi connectivity index (χ2v) is 4.65. The summed E-state index contributed by atoms with van der Waals surface area (Å²) in [7, 11) is 0. The van der Waals surface area contributed by atoms with Crippen LogP contribution in [0.4, 0.5) is 0 Å². The van der Waals surface area contributed by atoms with Crippen molar-refractivity contribution < 1.29 is 5.11 Å². The Morgan fingerprint density at radius 2 is 2.29 bits per heavy atom. The van der Waals surface area contributed by atoms with E-state index < -0.39 is 0 Å². The first-order chi connectivity index (χ1) is 6.77. The summed E-state index contributed by atoms with van der Waals surface area (Å²) in [6.45, 7) is 2.04. The van der Waals surface area contributed by atoms with Gasteiger partial charge in [-0.2, -0.15) is 5.10 Å². The predicted molar refractivity (Wildman–Crippen MR) is 57.1 cm³/mol. The van der Waals surface area contributed by atoms with Gasteiger partial charge in [0.2, 0.25) is 0 Å². The molecule has 0 unspecified atom stereocenters. The maximum absolute atomic E-state index is 9.50. The highest BCUT2D eigenvalue weighted by Crippen LogP contribution is 2.27. The van der Waals surface area contributed by atoms with Crippen molar-refractivity contribution in [2.45, 2.75) is 18.4 Å². The van der Waals surface area contributed by atoms with Crippen LogP contribution in [-0.4, -0.2) is 34.6 Å². The summed E-state index contributed by atoms with van der Waals surface area (Å²) in [6, 6.07) is 0. The van der Waals surface area contributed by atoms with Gasteiger partial charge in [0.25, 0.3) is 0 Å². The molecule has 0 radical (unpaired) electrons. The predicted octanol–water partition coefficient (Wildman–Crippen LogP) is 0.717. The molecular formula is C9H14BrN3O. The molecule has 1 saturated heterocycles. The van der Waals surface area contributed by atoms with Crippen molar-refractivity contribution in [3.8, 4) is 0 Å². The Morgan fingerprint density at radius 3 is 2.79 bits per heavy atom. The first-order valence-corrected chi connectivity index (χ1v) is 5.58. The number of nitrogens with zero attached hydrogens (tertiary/aromatic N) is 2. The summed E-state index contributed by atoms with van der Waals surface area (Å²) in [5.41, 5.74) is -0.197. The van der Waals surface area contributed by atoms with E-state index >= 15 is 0 Å². The van der Waals surface area contributed by atoms with E-state index in [-0.39, 0.29) is 12.1 Å². The van der Waals surface area contributed by atoms with Crippen molar-refractivity contribution in [1.29, 1.82) is 0 Å². The van der Waals surface area contributed by atoms with Gasteiger partial charge >= 0.3 is 0 Å². The Labute approximate surface area is 91.4 Å². The molecule has 0 spiro atoms. The number of aliphatic hydroxyl groups excluding tert-OH is 1. The van der Waals surface area contributed by atoms with E-state index in [0.717, 1.165) is 30.4 Å². The molecule has 2 rings (SSSR count). The number of hydrogen-bond acceptors (Lipinski definition) is 3. The molecule has 0 aliphatic carbocycles. The summed E-state index contributed by atoms with van der Waals surface area (Å²) in [5.74, 6) is 0. The molecule has 2 N–H and O–H groups in total. The quantitative estimate of drug-likeness (QED) is 0.823. The molecule has 0 saturated carbocycles. The number of piperidine rings is 1. The molecule has 1 aromatic heterocycles. The Kier molecular flexibility index (Phi) is 2.90. The second kappa shape index (κ2) is 4.00. The molecule has 1 aromatic rings. The van der Waals surface area contributed by atoms with Crippen molar-refractivity contribution in [3.05, 3.63) is 16.9 Å². The maximum Gasteiger partial charge on any atom is 0.0881 e. The molecule has 1 fully saturated rings. The van der Waals surface area contributed by atoms with Crippen molar-refractivity contribution in [1.82, 2.24) is 15.1 Å². The lowest BCUT2D eigenvalue weighted by atomic mass is 9.89. The van der Waals surface area contributed by atoms with Gasteiger partial charge in [0.15, 0.2) is 0 Å². The second-order valence-electron chi connectivity index (χ2n) is 3.74. The van der Waals surface area contributed by atoms with Gasteiger partial charge < -0.3 is 10.4 Å². The third-order valence-corrected chi connectivity index (χ3v) is 3.28. The van der Waals surface area contributed by atoms with Crippen LogP contribution in [0.3, 0.4) is 0 Å². The van der Waals surface area contributed by atoms with Gasteiger partial charge in [-0.25, -0.2) is 0 Å². The Balaban J connectivity index is 2.26. The van der Waals surface area contributed by atoms with Crippen LogP contribution in [0.1, 0.15) is 12.8 Å². The monoisotopic (exact) mass is 259 g/mol. The lowest BCUT2D eigenvalue weighted by molar-refractivity contribution is 0.0855. The minimum atomic E-state index is -0.197. The molecule has 14 heavy (non-hydrogen) atoms. The number of nitrogens with one attached hydrogen (secondary N) is 1. The van der Waals surface area contributed by atoms with Crippen molar-refractivity contribution >= 4 is 15.9 Å². The molecule has 0 aromatic carbocycles. The fraction of sp³-hybridized carbons (Fsp3) is 0.667. The first-order valence-electron chi connectivity index (χ1n) is 4.79. The average molecular weight is 260 g/mol. The number of aliphatic hydroxyl groups is 1. The van der Waals surface area contributed by atoms with E-state index in [4.69, 9.17) is 0 Å². The molecule has 1 aliphatic heterocycles. The third kappa shape index (κ3) is 1.71. The van der Waals surface area contributed by atoms with Crippen molar-refractivity contribution in [2.75, 3.05) is 19.7 Å². The van der Waals surface area contributed by atoms with Gasteiger partial charge in [0.1, 0.15) is 0 Å². The molecule has 78 valence electrons. The number of rotatable bonds is 2. The highest BCUT2D eigenvalue weighted by atomic mass is 79.9. The Hall–Kier alpha value is -0.390. The number of hydrogen-bond donors (Lipinski definition) is 2. The summed E-state index contributed by atoms with van der Waals surface area (Å²) in [6.07, 6.45) is 5.55. The summed E-state index contributed by atoms with van der Waals surface area (Å²) >= 11 is 3.37. The van der Waals surface area contributed by atoms with E-state index in [1.54, 1.807) is 6.20 Å². The van der Waals surface area contributed by atoms with E-state index in [1.807, 2.05) is 10.9 Å².